The van der Waals surface area contributed by atoms with Crippen LogP contribution in [0.15, 0.2) is 28.7 Å². The van der Waals surface area contributed by atoms with Crippen LogP contribution in [-0.2, 0) is 0 Å². The van der Waals surface area contributed by atoms with Crippen LogP contribution in [0, 0.1) is 13.8 Å². The van der Waals surface area contributed by atoms with Crippen molar-refractivity contribution in [1.29, 1.82) is 0 Å². The predicted octanol–water partition coefficient (Wildman–Crippen LogP) is 11.9. The predicted molar refractivity (Wildman–Crippen MR) is 193 cm³/mol. The van der Waals surface area contributed by atoms with E-state index in [1.807, 2.05) is 24.3 Å². The fraction of sp³-hybridized carbons (Fsp3) is 0.650. The van der Waals surface area contributed by atoms with Gasteiger partial charge in [0.05, 0.1) is 37.6 Å². The van der Waals surface area contributed by atoms with Crippen molar-refractivity contribution in [2.45, 2.75) is 144 Å². The quantitative estimate of drug-likeness (QED) is 0.0800. The fourth-order valence-corrected chi connectivity index (χ4v) is 5.49. The molecule has 0 amide bonds. The molecule has 1 aromatic heterocycles. The zero-order valence-corrected chi connectivity index (χ0v) is 30.4. The zero-order valence-electron chi connectivity index (χ0n) is 30.4. The molecule has 0 unspecified atom stereocenters. The van der Waals surface area contributed by atoms with Gasteiger partial charge >= 0.3 is 0 Å². The van der Waals surface area contributed by atoms with Gasteiger partial charge in [-0.3, -0.25) is 0 Å². The molecule has 2 aromatic carbocycles. The highest BCUT2D eigenvalue weighted by Crippen LogP contribution is 2.40. The Bertz CT molecular complexity index is 1190. The second-order valence-corrected chi connectivity index (χ2v) is 12.8. The molecular formula is C40H62N2O5. The largest absolute Gasteiger partial charge is 0.493 e. The van der Waals surface area contributed by atoms with E-state index in [0.29, 0.717) is 38.2 Å². The highest BCUT2D eigenvalue weighted by atomic mass is 16.5. The van der Waals surface area contributed by atoms with E-state index in [1.165, 1.54) is 64.2 Å². The lowest BCUT2D eigenvalue weighted by atomic mass is 10.1. The summed E-state index contributed by atoms with van der Waals surface area (Å²) < 4.78 is 31.6. The van der Waals surface area contributed by atoms with Crippen LogP contribution < -0.4 is 18.9 Å². The first-order valence-corrected chi connectivity index (χ1v) is 18.7. The third kappa shape index (κ3) is 13.1. The minimum absolute atomic E-state index is 0.399. The van der Waals surface area contributed by atoms with Crippen molar-refractivity contribution in [2.75, 3.05) is 26.4 Å². The standard InChI is InChI=1S/C40H62N2O5/c1-7-11-15-19-23-43-35-29-33(37(27-31(35)5)45-25-21-17-13-9-3)39-41-42-40(47-39)34-30-36(44-24-20-16-12-8-2)32(6)28-38(34)46-26-22-18-14-10-4/h27-30H,7-26H2,1-6H3. The van der Waals surface area contributed by atoms with Gasteiger partial charge in [0.25, 0.3) is 11.8 Å². The molecule has 0 fully saturated rings. The summed E-state index contributed by atoms with van der Waals surface area (Å²) in [6.45, 7) is 15.6. The molecule has 0 N–H and O–H groups in total. The summed E-state index contributed by atoms with van der Waals surface area (Å²) in [5, 5.41) is 9.07. The van der Waals surface area contributed by atoms with Gasteiger partial charge in [-0.1, -0.05) is 105 Å². The van der Waals surface area contributed by atoms with Crippen LogP contribution >= 0.6 is 0 Å². The van der Waals surface area contributed by atoms with E-state index in [0.717, 1.165) is 83.8 Å². The fourth-order valence-electron chi connectivity index (χ4n) is 5.49. The Labute approximate surface area is 285 Å². The summed E-state index contributed by atoms with van der Waals surface area (Å²) >= 11 is 0. The van der Waals surface area contributed by atoms with Gasteiger partial charge in [-0.15, -0.1) is 10.2 Å². The van der Waals surface area contributed by atoms with Crippen molar-refractivity contribution < 1.29 is 23.4 Å². The van der Waals surface area contributed by atoms with Crippen LogP contribution in [0.1, 0.15) is 142 Å². The minimum Gasteiger partial charge on any atom is -0.493 e. The summed E-state index contributed by atoms with van der Waals surface area (Å²) in [7, 11) is 0. The Morgan fingerprint density at radius 1 is 0.426 bits per heavy atom. The first-order chi connectivity index (χ1) is 23.0. The Morgan fingerprint density at radius 2 is 0.745 bits per heavy atom. The van der Waals surface area contributed by atoms with Gasteiger partial charge in [0.1, 0.15) is 23.0 Å². The van der Waals surface area contributed by atoms with Crippen LogP contribution in [0.25, 0.3) is 22.9 Å². The number of aryl methyl sites for hydroxylation is 2. The summed E-state index contributed by atoms with van der Waals surface area (Å²) in [6.07, 6.45) is 18.3. The molecule has 0 saturated carbocycles. The van der Waals surface area contributed by atoms with Crippen LogP contribution in [0.4, 0.5) is 0 Å². The van der Waals surface area contributed by atoms with E-state index >= 15 is 0 Å². The zero-order chi connectivity index (χ0) is 33.7. The number of rotatable bonds is 26. The smallest absolute Gasteiger partial charge is 0.252 e. The average Bonchev–Trinajstić information content (AvgIpc) is 3.56. The number of hydrogen-bond donors (Lipinski definition) is 0. The summed E-state index contributed by atoms with van der Waals surface area (Å²) in [4.78, 5) is 0. The lowest BCUT2D eigenvalue weighted by Crippen LogP contribution is -2.03. The molecule has 0 bridgehead atoms. The monoisotopic (exact) mass is 650 g/mol. The molecule has 47 heavy (non-hydrogen) atoms. The van der Waals surface area contributed by atoms with Crippen molar-refractivity contribution in [3.05, 3.63) is 35.4 Å². The van der Waals surface area contributed by atoms with Gasteiger partial charge in [-0.25, -0.2) is 0 Å². The molecule has 0 saturated heterocycles. The Kier molecular flexibility index (Phi) is 18.2. The molecule has 0 radical (unpaired) electrons. The molecule has 0 aliphatic heterocycles. The molecule has 3 aromatic rings. The summed E-state index contributed by atoms with van der Waals surface area (Å²) in [6, 6.07) is 8.08. The van der Waals surface area contributed by atoms with Crippen molar-refractivity contribution in [1.82, 2.24) is 10.2 Å². The second-order valence-electron chi connectivity index (χ2n) is 12.8. The van der Waals surface area contributed by atoms with Crippen LogP contribution in [0.5, 0.6) is 23.0 Å². The number of ether oxygens (including phenoxy) is 4. The highest BCUT2D eigenvalue weighted by molar-refractivity contribution is 5.70. The van der Waals surface area contributed by atoms with E-state index in [2.05, 4.69) is 51.7 Å². The Morgan fingerprint density at radius 3 is 1.06 bits per heavy atom. The second kappa shape index (κ2) is 22.4. The number of nitrogens with zero attached hydrogens (tertiary/aromatic N) is 2. The minimum atomic E-state index is 0.399. The normalized spacial score (nSPS) is 11.2. The molecule has 262 valence electrons. The van der Waals surface area contributed by atoms with Gasteiger partial charge in [-0.2, -0.15) is 0 Å². The van der Waals surface area contributed by atoms with E-state index in [9.17, 15) is 0 Å². The Hall–Kier alpha value is -3.22. The molecule has 0 aliphatic carbocycles. The topological polar surface area (TPSA) is 75.8 Å². The maximum atomic E-state index is 6.44. The van der Waals surface area contributed by atoms with E-state index in [1.54, 1.807) is 0 Å². The van der Waals surface area contributed by atoms with Crippen molar-refractivity contribution in [3.63, 3.8) is 0 Å². The molecular weight excluding hydrogens is 588 g/mol. The van der Waals surface area contributed by atoms with Crippen molar-refractivity contribution in [3.8, 4) is 45.9 Å². The summed E-state index contributed by atoms with van der Waals surface area (Å²) in [5.41, 5.74) is 3.56. The third-order valence-corrected chi connectivity index (χ3v) is 8.46. The maximum Gasteiger partial charge on any atom is 0.252 e. The molecule has 7 nitrogen and oxygen atoms in total. The first-order valence-electron chi connectivity index (χ1n) is 18.7. The number of aromatic nitrogens is 2. The molecule has 1 heterocycles. The molecule has 3 rings (SSSR count). The highest BCUT2D eigenvalue weighted by Gasteiger charge is 2.21. The van der Waals surface area contributed by atoms with Crippen LogP contribution in [-0.4, -0.2) is 36.6 Å². The lowest BCUT2D eigenvalue weighted by molar-refractivity contribution is 0.295. The molecule has 0 aliphatic rings. The van der Waals surface area contributed by atoms with Gasteiger partial charge in [0.15, 0.2) is 0 Å². The SMILES string of the molecule is CCCCCCOc1cc(-c2nnc(-c3cc(OCCCCCC)c(C)cc3OCCCCCC)o2)c(OCCCCCC)cc1C. The van der Waals surface area contributed by atoms with Crippen molar-refractivity contribution >= 4 is 0 Å². The Balaban J connectivity index is 1.92. The number of unbranched alkanes of at least 4 members (excludes halogenated alkanes) is 12. The van der Waals surface area contributed by atoms with E-state index in [-0.39, 0.29) is 0 Å². The number of benzene rings is 2. The first kappa shape index (κ1) is 38.2. The van der Waals surface area contributed by atoms with Crippen molar-refractivity contribution in [2.24, 2.45) is 0 Å². The lowest BCUT2D eigenvalue weighted by Gasteiger charge is -2.15. The van der Waals surface area contributed by atoms with Crippen LogP contribution in [0.3, 0.4) is 0 Å². The van der Waals surface area contributed by atoms with Gasteiger partial charge in [0.2, 0.25) is 0 Å². The molecule has 0 spiro atoms. The van der Waals surface area contributed by atoms with Crippen LogP contribution in [0.2, 0.25) is 0 Å². The van der Waals surface area contributed by atoms with E-state index < -0.39 is 0 Å². The maximum absolute atomic E-state index is 6.44. The molecule has 7 heteroatoms. The van der Waals surface area contributed by atoms with Gasteiger partial charge in [0, 0.05) is 0 Å². The van der Waals surface area contributed by atoms with E-state index in [4.69, 9.17) is 23.4 Å². The van der Waals surface area contributed by atoms with Gasteiger partial charge < -0.3 is 23.4 Å². The average molecular weight is 651 g/mol. The summed E-state index contributed by atoms with van der Waals surface area (Å²) in [5.74, 6) is 3.91. The number of hydrogen-bond acceptors (Lipinski definition) is 7. The third-order valence-electron chi connectivity index (χ3n) is 8.46. The van der Waals surface area contributed by atoms with Gasteiger partial charge in [-0.05, 0) is 74.9 Å². The molecule has 0 atom stereocenters.